The monoisotopic (exact) mass is 271 g/mol. The van der Waals surface area contributed by atoms with E-state index in [1.165, 1.54) is 5.56 Å². The third-order valence-corrected chi connectivity index (χ3v) is 3.15. The van der Waals surface area contributed by atoms with Crippen LogP contribution in [-0.2, 0) is 0 Å². The number of benzene rings is 1. The molecule has 0 amide bonds. The van der Waals surface area contributed by atoms with Crippen molar-refractivity contribution in [2.75, 3.05) is 19.5 Å². The van der Waals surface area contributed by atoms with Crippen molar-refractivity contribution in [1.29, 1.82) is 0 Å². The van der Waals surface area contributed by atoms with Crippen molar-refractivity contribution in [3.05, 3.63) is 35.7 Å². The molecule has 20 heavy (non-hydrogen) atoms. The van der Waals surface area contributed by atoms with E-state index in [1.807, 2.05) is 25.2 Å². The molecule has 0 aliphatic carbocycles. The van der Waals surface area contributed by atoms with E-state index in [2.05, 4.69) is 42.1 Å². The molecule has 0 saturated heterocycles. The molecule has 0 bridgehead atoms. The van der Waals surface area contributed by atoms with Crippen LogP contribution in [0.15, 0.2) is 24.3 Å². The summed E-state index contributed by atoms with van der Waals surface area (Å²) >= 11 is 0. The van der Waals surface area contributed by atoms with E-state index in [0.29, 0.717) is 0 Å². The largest absolute Gasteiger partial charge is 0.496 e. The Morgan fingerprint density at radius 1 is 1.15 bits per heavy atom. The van der Waals surface area contributed by atoms with Crippen molar-refractivity contribution < 1.29 is 4.74 Å². The number of aromatic nitrogens is 2. The van der Waals surface area contributed by atoms with Crippen molar-refractivity contribution in [1.82, 2.24) is 9.97 Å². The van der Waals surface area contributed by atoms with Crippen molar-refractivity contribution in [2.45, 2.75) is 26.7 Å². The van der Waals surface area contributed by atoms with Gasteiger partial charge in [-0.2, -0.15) is 0 Å². The molecule has 1 heterocycles. The van der Waals surface area contributed by atoms with E-state index in [-0.39, 0.29) is 5.92 Å². The zero-order chi connectivity index (χ0) is 14.7. The highest BCUT2D eigenvalue weighted by atomic mass is 16.5. The minimum atomic E-state index is 0.276. The van der Waals surface area contributed by atoms with E-state index in [9.17, 15) is 0 Å². The Morgan fingerprint density at radius 2 is 1.90 bits per heavy atom. The second kappa shape index (κ2) is 5.90. The molecule has 1 aromatic heterocycles. The molecular weight excluding hydrogens is 250 g/mol. The normalized spacial score (nSPS) is 10.7. The Bertz CT molecular complexity index is 609. The van der Waals surface area contributed by atoms with E-state index in [1.54, 1.807) is 7.11 Å². The lowest BCUT2D eigenvalue weighted by Gasteiger charge is -2.13. The van der Waals surface area contributed by atoms with Crippen molar-refractivity contribution in [3.63, 3.8) is 0 Å². The first-order valence-corrected chi connectivity index (χ1v) is 6.77. The molecule has 0 fully saturated rings. The molecule has 0 aliphatic heterocycles. The molecule has 0 spiro atoms. The topological polar surface area (TPSA) is 47.0 Å². The van der Waals surface area contributed by atoms with Gasteiger partial charge in [0.1, 0.15) is 17.4 Å². The first-order valence-electron chi connectivity index (χ1n) is 6.77. The minimum absolute atomic E-state index is 0.276. The summed E-state index contributed by atoms with van der Waals surface area (Å²) in [6.45, 7) is 6.24. The number of hydrogen-bond donors (Lipinski definition) is 1. The van der Waals surface area contributed by atoms with Gasteiger partial charge < -0.3 is 10.1 Å². The summed E-state index contributed by atoms with van der Waals surface area (Å²) in [4.78, 5) is 9.16. The van der Waals surface area contributed by atoms with Crippen LogP contribution in [0.25, 0.3) is 11.3 Å². The number of methoxy groups -OCH3 is 1. The number of nitrogens with one attached hydrogen (secondary N) is 1. The molecule has 0 radical (unpaired) electrons. The molecule has 4 nitrogen and oxygen atoms in total. The van der Waals surface area contributed by atoms with Crippen LogP contribution in [0.2, 0.25) is 0 Å². The van der Waals surface area contributed by atoms with Gasteiger partial charge in [0.2, 0.25) is 0 Å². The van der Waals surface area contributed by atoms with E-state index >= 15 is 0 Å². The van der Waals surface area contributed by atoms with Gasteiger partial charge in [0.05, 0.1) is 12.8 Å². The van der Waals surface area contributed by atoms with Crippen LogP contribution in [0.5, 0.6) is 5.75 Å². The second-order valence-electron chi connectivity index (χ2n) is 5.11. The Labute approximate surface area is 120 Å². The highest BCUT2D eigenvalue weighted by Gasteiger charge is 2.12. The number of rotatable bonds is 4. The average molecular weight is 271 g/mol. The highest BCUT2D eigenvalue weighted by molar-refractivity contribution is 5.70. The van der Waals surface area contributed by atoms with Gasteiger partial charge in [-0.15, -0.1) is 0 Å². The molecule has 2 aromatic rings. The molecule has 1 N–H and O–H groups in total. The quantitative estimate of drug-likeness (QED) is 0.922. The van der Waals surface area contributed by atoms with Crippen LogP contribution in [0, 0.1) is 6.92 Å². The van der Waals surface area contributed by atoms with Crippen molar-refractivity contribution in [3.8, 4) is 17.0 Å². The van der Waals surface area contributed by atoms with Gasteiger partial charge in [0, 0.05) is 24.6 Å². The SMILES string of the molecule is CNc1cc(-c2cc(C)ccc2OC)nc(C(C)C)n1. The number of anilines is 1. The predicted molar refractivity (Wildman–Crippen MR) is 82.4 cm³/mol. The van der Waals surface area contributed by atoms with Gasteiger partial charge >= 0.3 is 0 Å². The van der Waals surface area contributed by atoms with E-state index < -0.39 is 0 Å². The summed E-state index contributed by atoms with van der Waals surface area (Å²) in [5.74, 6) is 2.75. The lowest BCUT2D eigenvalue weighted by Crippen LogP contribution is -2.03. The molecule has 106 valence electrons. The summed E-state index contributed by atoms with van der Waals surface area (Å²) in [6.07, 6.45) is 0. The molecule has 1 aromatic carbocycles. The average Bonchev–Trinajstić information content (AvgIpc) is 2.46. The van der Waals surface area contributed by atoms with Gasteiger partial charge in [-0.25, -0.2) is 9.97 Å². The maximum Gasteiger partial charge on any atom is 0.133 e. The van der Waals surface area contributed by atoms with Gasteiger partial charge in [-0.3, -0.25) is 0 Å². The summed E-state index contributed by atoms with van der Waals surface area (Å²) in [5.41, 5.74) is 3.05. The molecule has 4 heteroatoms. The zero-order valence-electron chi connectivity index (χ0n) is 12.7. The molecule has 2 rings (SSSR count). The summed E-state index contributed by atoms with van der Waals surface area (Å²) in [7, 11) is 3.54. The third kappa shape index (κ3) is 2.90. The van der Waals surface area contributed by atoms with Crippen LogP contribution >= 0.6 is 0 Å². The number of aryl methyl sites for hydroxylation is 1. The van der Waals surface area contributed by atoms with Gasteiger partial charge in [0.15, 0.2) is 0 Å². The van der Waals surface area contributed by atoms with Crippen molar-refractivity contribution >= 4 is 5.82 Å². The van der Waals surface area contributed by atoms with Gasteiger partial charge in [0.25, 0.3) is 0 Å². The fourth-order valence-corrected chi connectivity index (χ4v) is 2.01. The maximum absolute atomic E-state index is 5.45. The summed E-state index contributed by atoms with van der Waals surface area (Å²) in [6, 6.07) is 8.04. The van der Waals surface area contributed by atoms with Crippen LogP contribution < -0.4 is 10.1 Å². The van der Waals surface area contributed by atoms with Crippen LogP contribution in [0.4, 0.5) is 5.82 Å². The van der Waals surface area contributed by atoms with Crippen LogP contribution in [0.1, 0.15) is 31.2 Å². The first kappa shape index (κ1) is 14.3. The Morgan fingerprint density at radius 3 is 2.50 bits per heavy atom. The molecule has 0 unspecified atom stereocenters. The van der Waals surface area contributed by atoms with Crippen molar-refractivity contribution in [2.24, 2.45) is 0 Å². The highest BCUT2D eigenvalue weighted by Crippen LogP contribution is 2.31. The summed E-state index contributed by atoms with van der Waals surface area (Å²) < 4.78 is 5.45. The lowest BCUT2D eigenvalue weighted by molar-refractivity contribution is 0.416. The Balaban J connectivity index is 2.62. The number of hydrogen-bond acceptors (Lipinski definition) is 4. The standard InChI is InChI=1S/C16H21N3O/c1-10(2)16-18-13(9-15(17-4)19-16)12-8-11(3)6-7-14(12)20-5/h6-10H,1-5H3,(H,17,18,19). The minimum Gasteiger partial charge on any atom is -0.496 e. The Kier molecular flexibility index (Phi) is 4.23. The number of ether oxygens (including phenoxy) is 1. The van der Waals surface area contributed by atoms with Gasteiger partial charge in [-0.05, 0) is 19.1 Å². The molecule has 0 aliphatic rings. The fourth-order valence-electron chi connectivity index (χ4n) is 2.01. The first-order chi connectivity index (χ1) is 9.55. The zero-order valence-corrected chi connectivity index (χ0v) is 12.7. The van der Waals surface area contributed by atoms with Crippen LogP contribution in [0.3, 0.4) is 0 Å². The molecule has 0 saturated carbocycles. The predicted octanol–water partition coefficient (Wildman–Crippen LogP) is 3.63. The number of nitrogens with zero attached hydrogens (tertiary/aromatic N) is 2. The van der Waals surface area contributed by atoms with Crippen LogP contribution in [-0.4, -0.2) is 24.1 Å². The summed E-state index contributed by atoms with van der Waals surface area (Å²) in [5, 5.41) is 3.09. The van der Waals surface area contributed by atoms with Gasteiger partial charge in [-0.1, -0.05) is 25.5 Å². The maximum atomic E-state index is 5.45. The van der Waals surface area contributed by atoms with E-state index in [0.717, 1.165) is 28.6 Å². The fraction of sp³-hybridized carbons (Fsp3) is 0.375. The molecule has 0 atom stereocenters. The lowest BCUT2D eigenvalue weighted by atomic mass is 10.1. The third-order valence-electron chi connectivity index (χ3n) is 3.15. The smallest absolute Gasteiger partial charge is 0.133 e. The van der Waals surface area contributed by atoms with E-state index in [4.69, 9.17) is 4.74 Å². The Hall–Kier alpha value is -2.10. The molecular formula is C16H21N3O. The second-order valence-corrected chi connectivity index (χ2v) is 5.11.